The molecule has 0 amide bonds. The van der Waals surface area contributed by atoms with Crippen LogP contribution in [0.4, 0.5) is 5.69 Å². The SMILES string of the molecule is CCOCCC(C)CC.Cn1c(C(C)(C)C)nc2cc(N)ccc21. The van der Waals surface area contributed by atoms with Crippen LogP contribution in [0.1, 0.15) is 60.2 Å². The fourth-order valence-corrected chi connectivity index (χ4v) is 2.52. The molecule has 4 heteroatoms. The van der Waals surface area contributed by atoms with Gasteiger partial charge in [0.1, 0.15) is 5.82 Å². The van der Waals surface area contributed by atoms with Crippen LogP contribution in [0.25, 0.3) is 11.0 Å². The van der Waals surface area contributed by atoms with Crippen LogP contribution in [0.3, 0.4) is 0 Å². The molecule has 2 rings (SSSR count). The van der Waals surface area contributed by atoms with Gasteiger partial charge in [0.2, 0.25) is 0 Å². The quantitative estimate of drug-likeness (QED) is 0.624. The van der Waals surface area contributed by atoms with E-state index in [0.29, 0.717) is 0 Å². The number of aromatic nitrogens is 2. The van der Waals surface area contributed by atoms with Crippen LogP contribution in [-0.2, 0) is 17.2 Å². The Morgan fingerprint density at radius 1 is 1.25 bits per heavy atom. The van der Waals surface area contributed by atoms with Crippen molar-refractivity contribution in [2.24, 2.45) is 13.0 Å². The Labute approximate surface area is 147 Å². The van der Waals surface area contributed by atoms with Gasteiger partial charge >= 0.3 is 0 Å². The Bertz CT molecular complexity index is 626. The van der Waals surface area contributed by atoms with Gasteiger partial charge in [0, 0.05) is 31.4 Å². The highest BCUT2D eigenvalue weighted by atomic mass is 16.5. The standard InChI is InChI=1S/C12H17N3.C8H18O/c1-12(2,3)11-14-9-7-8(13)5-6-10(9)15(11)4;1-4-8(3)6-7-9-5-2/h5-7H,13H2,1-4H3;8H,4-7H2,1-3H3. The molecular weight excluding hydrogens is 298 g/mol. The van der Waals surface area contributed by atoms with Crippen molar-refractivity contribution >= 4 is 16.7 Å². The molecule has 2 aromatic rings. The molecule has 0 fully saturated rings. The maximum Gasteiger partial charge on any atom is 0.115 e. The summed E-state index contributed by atoms with van der Waals surface area (Å²) in [6.45, 7) is 14.8. The lowest BCUT2D eigenvalue weighted by Crippen LogP contribution is -2.17. The molecule has 0 saturated carbocycles. The molecule has 1 aromatic carbocycles. The molecule has 2 N–H and O–H groups in total. The number of hydrogen-bond acceptors (Lipinski definition) is 3. The van der Waals surface area contributed by atoms with E-state index in [4.69, 9.17) is 10.5 Å². The number of nitrogens with two attached hydrogens (primary N) is 1. The molecule has 0 radical (unpaired) electrons. The minimum atomic E-state index is 0.0581. The molecular formula is C20H35N3O. The normalized spacial score (nSPS) is 12.8. The summed E-state index contributed by atoms with van der Waals surface area (Å²) in [4.78, 5) is 4.63. The summed E-state index contributed by atoms with van der Waals surface area (Å²) in [7, 11) is 2.05. The summed E-state index contributed by atoms with van der Waals surface area (Å²) in [5.74, 6) is 1.92. The van der Waals surface area contributed by atoms with Crippen molar-refractivity contribution in [2.45, 2.75) is 59.8 Å². The summed E-state index contributed by atoms with van der Waals surface area (Å²) in [6, 6.07) is 5.86. The fourth-order valence-electron chi connectivity index (χ4n) is 2.52. The first-order chi connectivity index (χ1) is 11.2. The smallest absolute Gasteiger partial charge is 0.115 e. The van der Waals surface area contributed by atoms with Gasteiger partial charge in [-0.05, 0) is 37.5 Å². The van der Waals surface area contributed by atoms with Crippen LogP contribution < -0.4 is 5.73 Å². The molecule has 1 aromatic heterocycles. The van der Waals surface area contributed by atoms with Crippen LogP contribution in [0.15, 0.2) is 18.2 Å². The average molecular weight is 334 g/mol. The third kappa shape index (κ3) is 5.82. The van der Waals surface area contributed by atoms with Crippen LogP contribution in [-0.4, -0.2) is 22.8 Å². The maximum absolute atomic E-state index is 5.74. The summed E-state index contributed by atoms with van der Waals surface area (Å²) in [5.41, 5.74) is 8.67. The molecule has 24 heavy (non-hydrogen) atoms. The van der Waals surface area contributed by atoms with Crippen LogP contribution in [0.5, 0.6) is 0 Å². The maximum atomic E-state index is 5.74. The predicted molar refractivity (Wildman–Crippen MR) is 104 cm³/mol. The van der Waals surface area contributed by atoms with Crippen molar-refractivity contribution in [3.05, 3.63) is 24.0 Å². The number of imidazole rings is 1. The number of ether oxygens (including phenoxy) is 1. The van der Waals surface area contributed by atoms with Gasteiger partial charge in [0.05, 0.1) is 11.0 Å². The van der Waals surface area contributed by atoms with Crippen molar-refractivity contribution in [3.8, 4) is 0 Å². The average Bonchev–Trinajstić information content (AvgIpc) is 2.84. The lowest BCUT2D eigenvalue weighted by atomic mass is 9.96. The monoisotopic (exact) mass is 333 g/mol. The molecule has 0 spiro atoms. The van der Waals surface area contributed by atoms with Crippen molar-refractivity contribution in [2.75, 3.05) is 18.9 Å². The van der Waals surface area contributed by atoms with Crippen LogP contribution >= 0.6 is 0 Å². The number of anilines is 1. The number of hydrogen-bond donors (Lipinski definition) is 1. The number of nitrogens with zero attached hydrogens (tertiary/aromatic N) is 2. The van der Waals surface area contributed by atoms with Gasteiger partial charge < -0.3 is 15.0 Å². The van der Waals surface area contributed by atoms with Crippen molar-refractivity contribution < 1.29 is 4.74 Å². The Hall–Kier alpha value is -1.55. The summed E-state index contributed by atoms with van der Waals surface area (Å²) in [5, 5.41) is 0. The van der Waals surface area contributed by atoms with Gasteiger partial charge in [-0.1, -0.05) is 41.0 Å². The van der Waals surface area contributed by atoms with E-state index in [0.717, 1.165) is 41.7 Å². The third-order valence-electron chi connectivity index (χ3n) is 4.23. The van der Waals surface area contributed by atoms with Gasteiger partial charge in [-0.2, -0.15) is 0 Å². The highest BCUT2D eigenvalue weighted by molar-refractivity contribution is 5.79. The third-order valence-corrected chi connectivity index (χ3v) is 4.23. The first kappa shape index (κ1) is 20.5. The molecule has 0 aliphatic carbocycles. The highest BCUT2D eigenvalue weighted by Gasteiger charge is 2.20. The molecule has 0 aliphatic rings. The van der Waals surface area contributed by atoms with Crippen molar-refractivity contribution in [1.29, 1.82) is 0 Å². The predicted octanol–water partition coefficient (Wildman–Crippen LogP) is 4.91. The molecule has 1 atom stereocenters. The van der Waals surface area contributed by atoms with Crippen molar-refractivity contribution in [1.82, 2.24) is 9.55 Å². The van der Waals surface area contributed by atoms with Gasteiger partial charge in [0.25, 0.3) is 0 Å². The minimum Gasteiger partial charge on any atom is -0.399 e. The van der Waals surface area contributed by atoms with Crippen LogP contribution in [0, 0.1) is 5.92 Å². The zero-order chi connectivity index (χ0) is 18.3. The Kier molecular flexibility index (Phi) is 7.74. The van der Waals surface area contributed by atoms with E-state index in [1.54, 1.807) is 0 Å². The van der Waals surface area contributed by atoms with E-state index in [1.165, 1.54) is 12.8 Å². The van der Waals surface area contributed by atoms with Gasteiger partial charge in [0.15, 0.2) is 0 Å². The lowest BCUT2D eigenvalue weighted by Gasteiger charge is -2.17. The lowest BCUT2D eigenvalue weighted by molar-refractivity contribution is 0.133. The van der Waals surface area contributed by atoms with Crippen LogP contribution in [0.2, 0.25) is 0 Å². The number of rotatable bonds is 5. The molecule has 1 unspecified atom stereocenters. The molecule has 136 valence electrons. The minimum absolute atomic E-state index is 0.0581. The van der Waals surface area contributed by atoms with Gasteiger partial charge in [-0.3, -0.25) is 0 Å². The van der Waals surface area contributed by atoms with Crippen molar-refractivity contribution in [3.63, 3.8) is 0 Å². The zero-order valence-corrected chi connectivity index (χ0v) is 16.5. The zero-order valence-electron chi connectivity index (χ0n) is 16.5. The van der Waals surface area contributed by atoms with E-state index in [2.05, 4.69) is 44.2 Å². The highest BCUT2D eigenvalue weighted by Crippen LogP contribution is 2.26. The number of aryl methyl sites for hydroxylation is 1. The summed E-state index contributed by atoms with van der Waals surface area (Å²) < 4.78 is 7.34. The Balaban J connectivity index is 0.000000277. The number of nitrogen functional groups attached to an aromatic ring is 1. The summed E-state index contributed by atoms with van der Waals surface area (Å²) in [6.07, 6.45) is 2.48. The number of fused-ring (bicyclic) bond motifs is 1. The van der Waals surface area contributed by atoms with Gasteiger partial charge in [-0.25, -0.2) is 4.98 Å². The summed E-state index contributed by atoms with van der Waals surface area (Å²) >= 11 is 0. The fraction of sp³-hybridized carbons (Fsp3) is 0.650. The Morgan fingerprint density at radius 2 is 1.92 bits per heavy atom. The van der Waals surface area contributed by atoms with Gasteiger partial charge in [-0.15, -0.1) is 0 Å². The molecule has 0 saturated heterocycles. The second-order valence-electron chi connectivity index (χ2n) is 7.49. The molecule has 1 heterocycles. The Morgan fingerprint density at radius 3 is 2.46 bits per heavy atom. The molecule has 4 nitrogen and oxygen atoms in total. The first-order valence-corrected chi connectivity index (χ1v) is 9.00. The first-order valence-electron chi connectivity index (χ1n) is 9.00. The largest absolute Gasteiger partial charge is 0.399 e. The molecule has 0 aliphatic heterocycles. The van der Waals surface area contributed by atoms with E-state index >= 15 is 0 Å². The topological polar surface area (TPSA) is 53.1 Å². The molecule has 0 bridgehead atoms. The van der Waals surface area contributed by atoms with E-state index < -0.39 is 0 Å². The van der Waals surface area contributed by atoms with E-state index in [9.17, 15) is 0 Å². The second-order valence-corrected chi connectivity index (χ2v) is 7.49. The van der Waals surface area contributed by atoms with E-state index in [-0.39, 0.29) is 5.41 Å². The number of benzene rings is 1. The second kappa shape index (κ2) is 9.07. The van der Waals surface area contributed by atoms with E-state index in [1.807, 2.05) is 32.2 Å².